The third-order valence-electron chi connectivity index (χ3n) is 3.81. The third-order valence-corrected chi connectivity index (χ3v) is 3.81. The zero-order chi connectivity index (χ0) is 14.2. The fourth-order valence-electron chi connectivity index (χ4n) is 2.61. The Morgan fingerprint density at radius 3 is 2.33 bits per heavy atom. The van der Waals surface area contributed by atoms with Crippen LogP contribution in [0.4, 0.5) is 4.39 Å². The highest BCUT2D eigenvalue weighted by atomic mass is 19.1. The average Bonchev–Trinajstić information content (AvgIpc) is 3.28. The Bertz CT molecular complexity index is 758. The minimum Gasteiger partial charge on any atom is -0.327 e. The number of halogens is 1. The molecule has 0 amide bonds. The van der Waals surface area contributed by atoms with E-state index in [0.717, 1.165) is 22.5 Å². The lowest BCUT2D eigenvalue weighted by atomic mass is 10.1. The number of pyridine rings is 1. The number of hydrogen-bond acceptors (Lipinski definition) is 2. The van der Waals surface area contributed by atoms with E-state index in [2.05, 4.69) is 14.5 Å². The van der Waals surface area contributed by atoms with Crippen LogP contribution in [-0.2, 0) is 0 Å². The molecule has 0 unspecified atom stereocenters. The molecule has 1 saturated carbocycles. The second-order valence-electron chi connectivity index (χ2n) is 5.32. The Kier molecular flexibility index (Phi) is 2.81. The summed E-state index contributed by atoms with van der Waals surface area (Å²) in [5.41, 5.74) is 4.01. The van der Waals surface area contributed by atoms with Gasteiger partial charge in [0.25, 0.3) is 0 Å². The molecule has 4 heteroatoms. The first kappa shape index (κ1) is 12.3. The summed E-state index contributed by atoms with van der Waals surface area (Å²) in [6.07, 6.45) is 7.85. The van der Waals surface area contributed by atoms with E-state index >= 15 is 0 Å². The predicted octanol–water partition coefficient (Wildman–Crippen LogP) is 4.09. The zero-order valence-corrected chi connectivity index (χ0v) is 11.4. The Balaban J connectivity index is 1.89. The summed E-state index contributed by atoms with van der Waals surface area (Å²) in [5.74, 6) is -0.231. The highest BCUT2D eigenvalue weighted by molar-refractivity contribution is 5.78. The van der Waals surface area contributed by atoms with Gasteiger partial charge in [-0.3, -0.25) is 4.98 Å². The van der Waals surface area contributed by atoms with Gasteiger partial charge in [0.2, 0.25) is 0 Å². The first-order valence-corrected chi connectivity index (χ1v) is 7.06. The maximum atomic E-state index is 13.1. The van der Waals surface area contributed by atoms with Crippen molar-refractivity contribution in [2.45, 2.75) is 18.9 Å². The molecule has 1 aliphatic rings. The SMILES string of the molecule is Fc1ccc(-c2ncn(C3CC3)c2-c2ccncc2)cc1. The number of imidazole rings is 1. The van der Waals surface area contributed by atoms with Gasteiger partial charge in [0.15, 0.2) is 0 Å². The van der Waals surface area contributed by atoms with Gasteiger partial charge in [0, 0.05) is 29.6 Å². The Morgan fingerprint density at radius 1 is 0.952 bits per heavy atom. The van der Waals surface area contributed by atoms with Gasteiger partial charge in [-0.25, -0.2) is 9.37 Å². The minimum atomic E-state index is -0.231. The maximum absolute atomic E-state index is 13.1. The van der Waals surface area contributed by atoms with E-state index in [1.54, 1.807) is 24.5 Å². The van der Waals surface area contributed by atoms with Crippen LogP contribution < -0.4 is 0 Å². The molecule has 1 aromatic carbocycles. The van der Waals surface area contributed by atoms with Crippen LogP contribution in [0.3, 0.4) is 0 Å². The highest BCUT2D eigenvalue weighted by Gasteiger charge is 2.28. The van der Waals surface area contributed by atoms with Crippen molar-refractivity contribution in [1.82, 2.24) is 14.5 Å². The molecular weight excluding hydrogens is 265 g/mol. The van der Waals surface area contributed by atoms with Crippen LogP contribution in [-0.4, -0.2) is 14.5 Å². The molecule has 0 N–H and O–H groups in total. The Labute approximate surface area is 122 Å². The quantitative estimate of drug-likeness (QED) is 0.723. The first-order chi connectivity index (χ1) is 10.3. The summed E-state index contributed by atoms with van der Waals surface area (Å²) in [6, 6.07) is 11.0. The minimum absolute atomic E-state index is 0.231. The van der Waals surface area contributed by atoms with E-state index in [0.29, 0.717) is 6.04 Å². The van der Waals surface area contributed by atoms with Crippen LogP contribution >= 0.6 is 0 Å². The van der Waals surface area contributed by atoms with Gasteiger partial charge in [-0.05, 0) is 49.2 Å². The molecule has 0 bridgehead atoms. The molecule has 3 aromatic rings. The first-order valence-electron chi connectivity index (χ1n) is 7.06. The summed E-state index contributed by atoms with van der Waals surface area (Å²) in [6.45, 7) is 0. The summed E-state index contributed by atoms with van der Waals surface area (Å²) in [4.78, 5) is 8.65. The zero-order valence-electron chi connectivity index (χ0n) is 11.4. The van der Waals surface area contributed by atoms with Crippen molar-refractivity contribution in [3.05, 3.63) is 60.9 Å². The fourth-order valence-corrected chi connectivity index (χ4v) is 2.61. The molecule has 0 spiro atoms. The van der Waals surface area contributed by atoms with Crippen molar-refractivity contribution in [1.29, 1.82) is 0 Å². The second kappa shape index (κ2) is 4.81. The molecule has 4 rings (SSSR count). The van der Waals surface area contributed by atoms with Gasteiger partial charge in [-0.15, -0.1) is 0 Å². The largest absolute Gasteiger partial charge is 0.327 e. The van der Waals surface area contributed by atoms with E-state index in [1.165, 1.54) is 25.0 Å². The van der Waals surface area contributed by atoms with Gasteiger partial charge < -0.3 is 4.57 Å². The van der Waals surface area contributed by atoms with Gasteiger partial charge in [0.1, 0.15) is 5.82 Å². The molecule has 0 atom stereocenters. The monoisotopic (exact) mass is 279 g/mol. The lowest BCUT2D eigenvalue weighted by Crippen LogP contribution is -1.96. The fraction of sp³-hybridized carbons (Fsp3) is 0.176. The molecule has 1 fully saturated rings. The molecule has 0 saturated heterocycles. The van der Waals surface area contributed by atoms with Crippen LogP contribution in [0.15, 0.2) is 55.1 Å². The maximum Gasteiger partial charge on any atom is 0.123 e. The summed E-state index contributed by atoms with van der Waals surface area (Å²) < 4.78 is 15.4. The Morgan fingerprint density at radius 2 is 1.67 bits per heavy atom. The number of rotatable bonds is 3. The summed E-state index contributed by atoms with van der Waals surface area (Å²) >= 11 is 0. The van der Waals surface area contributed by atoms with Gasteiger partial charge in [-0.2, -0.15) is 0 Å². The highest BCUT2D eigenvalue weighted by Crippen LogP contribution is 2.41. The predicted molar refractivity (Wildman–Crippen MR) is 79.1 cm³/mol. The number of hydrogen-bond donors (Lipinski definition) is 0. The molecule has 104 valence electrons. The van der Waals surface area contributed by atoms with Gasteiger partial charge in [0.05, 0.1) is 17.7 Å². The van der Waals surface area contributed by atoms with Crippen molar-refractivity contribution in [2.75, 3.05) is 0 Å². The molecule has 0 aliphatic heterocycles. The molecular formula is C17H14FN3. The molecule has 3 nitrogen and oxygen atoms in total. The standard InChI is InChI=1S/C17H14FN3/c18-14-3-1-12(2-4-14)16-17(13-7-9-19-10-8-13)21(11-20-16)15-5-6-15/h1-4,7-11,15H,5-6H2. The molecule has 1 aliphatic carbocycles. The second-order valence-corrected chi connectivity index (χ2v) is 5.32. The lowest BCUT2D eigenvalue weighted by Gasteiger charge is -2.09. The van der Waals surface area contributed by atoms with Crippen molar-refractivity contribution >= 4 is 0 Å². The van der Waals surface area contributed by atoms with Crippen LogP contribution in [0, 0.1) is 5.82 Å². The smallest absolute Gasteiger partial charge is 0.123 e. The molecule has 2 aromatic heterocycles. The number of nitrogens with zero attached hydrogens (tertiary/aromatic N) is 3. The Hall–Kier alpha value is -2.49. The van der Waals surface area contributed by atoms with Crippen molar-refractivity contribution < 1.29 is 4.39 Å². The van der Waals surface area contributed by atoms with Crippen molar-refractivity contribution in [2.24, 2.45) is 0 Å². The van der Waals surface area contributed by atoms with Gasteiger partial charge >= 0.3 is 0 Å². The normalized spacial score (nSPS) is 14.3. The molecule has 2 heterocycles. The van der Waals surface area contributed by atoms with Crippen molar-refractivity contribution in [3.63, 3.8) is 0 Å². The van der Waals surface area contributed by atoms with Crippen LogP contribution in [0.2, 0.25) is 0 Å². The number of aromatic nitrogens is 3. The summed E-state index contributed by atoms with van der Waals surface area (Å²) in [5, 5.41) is 0. The van der Waals surface area contributed by atoms with E-state index in [1.807, 2.05) is 18.5 Å². The molecule has 0 radical (unpaired) electrons. The van der Waals surface area contributed by atoms with E-state index < -0.39 is 0 Å². The van der Waals surface area contributed by atoms with E-state index in [9.17, 15) is 4.39 Å². The average molecular weight is 279 g/mol. The van der Waals surface area contributed by atoms with Crippen LogP contribution in [0.25, 0.3) is 22.5 Å². The number of benzene rings is 1. The lowest BCUT2D eigenvalue weighted by molar-refractivity contribution is 0.628. The summed E-state index contributed by atoms with van der Waals surface area (Å²) in [7, 11) is 0. The van der Waals surface area contributed by atoms with Crippen molar-refractivity contribution in [3.8, 4) is 22.5 Å². The topological polar surface area (TPSA) is 30.7 Å². The van der Waals surface area contributed by atoms with Crippen LogP contribution in [0.5, 0.6) is 0 Å². The van der Waals surface area contributed by atoms with E-state index in [-0.39, 0.29) is 5.82 Å². The van der Waals surface area contributed by atoms with E-state index in [4.69, 9.17) is 0 Å². The molecule has 21 heavy (non-hydrogen) atoms. The van der Waals surface area contributed by atoms with Gasteiger partial charge in [-0.1, -0.05) is 0 Å². The third kappa shape index (κ3) is 2.23. The van der Waals surface area contributed by atoms with Crippen LogP contribution in [0.1, 0.15) is 18.9 Å².